The van der Waals surface area contributed by atoms with E-state index in [9.17, 15) is 9.90 Å². The summed E-state index contributed by atoms with van der Waals surface area (Å²) in [5, 5.41) is 9.48. The Bertz CT molecular complexity index is 833. The maximum Gasteiger partial charge on any atom is 0.254 e. The van der Waals surface area contributed by atoms with Gasteiger partial charge in [0, 0.05) is 37.8 Å². The number of amides is 1. The molecule has 31 heavy (non-hydrogen) atoms. The number of rotatable bonds is 9. The lowest BCUT2D eigenvalue weighted by molar-refractivity contribution is 0.0702. The average molecular weight is 427 g/mol. The maximum atomic E-state index is 13.2. The van der Waals surface area contributed by atoms with Crippen molar-refractivity contribution in [3.8, 4) is 11.5 Å². The molecule has 1 amide bonds. The summed E-state index contributed by atoms with van der Waals surface area (Å²) in [5.41, 5.74) is 1.55. The number of piperidine rings is 1. The summed E-state index contributed by atoms with van der Waals surface area (Å²) in [6.07, 6.45) is 2.00. The number of aliphatic hydroxyl groups is 1. The summed E-state index contributed by atoms with van der Waals surface area (Å²) < 4.78 is 11.8. The molecule has 1 aliphatic heterocycles. The number of aliphatic hydroxyl groups excluding tert-OH is 1. The molecule has 0 aliphatic carbocycles. The van der Waals surface area contributed by atoms with Gasteiger partial charge >= 0.3 is 0 Å². The van der Waals surface area contributed by atoms with E-state index in [4.69, 9.17) is 9.47 Å². The molecule has 1 aliphatic rings. The monoisotopic (exact) mass is 426 g/mol. The molecular weight excluding hydrogens is 392 g/mol. The van der Waals surface area contributed by atoms with Crippen LogP contribution in [-0.2, 0) is 6.54 Å². The smallest absolute Gasteiger partial charge is 0.254 e. The van der Waals surface area contributed by atoms with Gasteiger partial charge in [-0.15, -0.1) is 0 Å². The molecule has 0 unspecified atom stereocenters. The molecule has 0 spiro atoms. The first-order valence-electron chi connectivity index (χ1n) is 11.0. The number of hydrogen-bond acceptors (Lipinski definition) is 5. The second-order valence-electron chi connectivity index (χ2n) is 8.25. The molecule has 0 atom stereocenters. The van der Waals surface area contributed by atoms with E-state index in [0.29, 0.717) is 29.6 Å². The Labute approximate surface area is 185 Å². The Kier molecular flexibility index (Phi) is 8.32. The Balaban J connectivity index is 1.74. The van der Waals surface area contributed by atoms with E-state index < -0.39 is 0 Å². The van der Waals surface area contributed by atoms with Crippen LogP contribution in [0.3, 0.4) is 0 Å². The van der Waals surface area contributed by atoms with Gasteiger partial charge in [-0.2, -0.15) is 0 Å². The minimum atomic E-state index is -0.139. The average Bonchev–Trinajstić information content (AvgIpc) is 2.79. The third-order valence-electron chi connectivity index (χ3n) is 5.78. The minimum absolute atomic E-state index is 0.0908. The first-order chi connectivity index (χ1) is 15.0. The molecule has 2 aromatic carbocycles. The van der Waals surface area contributed by atoms with Gasteiger partial charge in [0.05, 0.1) is 13.7 Å². The van der Waals surface area contributed by atoms with Crippen LogP contribution >= 0.6 is 0 Å². The topological polar surface area (TPSA) is 62.2 Å². The fourth-order valence-electron chi connectivity index (χ4n) is 3.95. The van der Waals surface area contributed by atoms with Gasteiger partial charge in [0.1, 0.15) is 6.10 Å². The standard InChI is InChI=1S/C25H34N2O4/c1-19(2)26-13-11-22(12-14-26)31-24-17-21(9-10-23(24)30-3)25(29)27(15-16-28)18-20-7-5-4-6-8-20/h4-10,17,19,22,28H,11-16,18H2,1-3H3. The highest BCUT2D eigenvalue weighted by Gasteiger charge is 2.24. The molecule has 6 nitrogen and oxygen atoms in total. The molecule has 168 valence electrons. The molecule has 1 saturated heterocycles. The molecule has 2 aromatic rings. The second kappa shape index (κ2) is 11.2. The van der Waals surface area contributed by atoms with Gasteiger partial charge in [0.2, 0.25) is 0 Å². The number of benzene rings is 2. The molecule has 3 rings (SSSR count). The molecule has 1 fully saturated rings. The van der Waals surface area contributed by atoms with E-state index in [1.165, 1.54) is 0 Å². The molecule has 0 aromatic heterocycles. The van der Waals surface area contributed by atoms with Crippen LogP contribution in [-0.4, -0.2) is 66.3 Å². The van der Waals surface area contributed by atoms with Crippen molar-refractivity contribution < 1.29 is 19.4 Å². The fraction of sp³-hybridized carbons (Fsp3) is 0.480. The van der Waals surface area contributed by atoms with Crippen LogP contribution in [0.1, 0.15) is 42.6 Å². The zero-order valence-corrected chi connectivity index (χ0v) is 18.8. The van der Waals surface area contributed by atoms with E-state index >= 15 is 0 Å². The van der Waals surface area contributed by atoms with Gasteiger partial charge in [0.15, 0.2) is 11.5 Å². The Morgan fingerprint density at radius 2 is 1.84 bits per heavy atom. The molecular formula is C25H34N2O4. The lowest BCUT2D eigenvalue weighted by atomic mass is 10.1. The second-order valence-corrected chi connectivity index (χ2v) is 8.25. The molecule has 0 radical (unpaired) electrons. The predicted molar refractivity (Wildman–Crippen MR) is 122 cm³/mol. The summed E-state index contributed by atoms with van der Waals surface area (Å²) in [6.45, 7) is 7.06. The molecule has 1 N–H and O–H groups in total. The van der Waals surface area contributed by atoms with E-state index in [2.05, 4.69) is 18.7 Å². The highest BCUT2D eigenvalue weighted by Crippen LogP contribution is 2.31. The number of carbonyl (C=O) groups excluding carboxylic acids is 1. The van der Waals surface area contributed by atoms with Crippen LogP contribution in [0.5, 0.6) is 11.5 Å². The number of likely N-dealkylation sites (tertiary alicyclic amines) is 1. The fourth-order valence-corrected chi connectivity index (χ4v) is 3.95. The number of nitrogens with zero attached hydrogens (tertiary/aromatic N) is 2. The van der Waals surface area contributed by atoms with Crippen molar-refractivity contribution in [1.29, 1.82) is 0 Å². The number of hydrogen-bond donors (Lipinski definition) is 1. The summed E-state index contributed by atoms with van der Waals surface area (Å²) in [5.74, 6) is 1.08. The summed E-state index contributed by atoms with van der Waals surface area (Å²) in [4.78, 5) is 17.3. The highest BCUT2D eigenvalue weighted by atomic mass is 16.5. The first kappa shape index (κ1) is 23.1. The van der Waals surface area contributed by atoms with Crippen molar-refractivity contribution >= 4 is 5.91 Å². The van der Waals surface area contributed by atoms with Gasteiger partial charge in [0.25, 0.3) is 5.91 Å². The third-order valence-corrected chi connectivity index (χ3v) is 5.78. The van der Waals surface area contributed by atoms with Crippen molar-refractivity contribution in [2.75, 3.05) is 33.4 Å². The van der Waals surface area contributed by atoms with Gasteiger partial charge in [-0.05, 0) is 50.5 Å². The number of carbonyl (C=O) groups is 1. The van der Waals surface area contributed by atoms with Crippen LogP contribution in [0.25, 0.3) is 0 Å². The third kappa shape index (κ3) is 6.21. The first-order valence-corrected chi connectivity index (χ1v) is 11.0. The lowest BCUT2D eigenvalue weighted by Gasteiger charge is -2.34. The van der Waals surface area contributed by atoms with Crippen LogP contribution in [0.4, 0.5) is 0 Å². The van der Waals surface area contributed by atoms with E-state index in [-0.39, 0.29) is 25.2 Å². The van der Waals surface area contributed by atoms with E-state index in [0.717, 1.165) is 31.5 Å². The van der Waals surface area contributed by atoms with Crippen molar-refractivity contribution in [2.24, 2.45) is 0 Å². The molecule has 1 heterocycles. The van der Waals surface area contributed by atoms with Crippen LogP contribution in [0.15, 0.2) is 48.5 Å². The van der Waals surface area contributed by atoms with Crippen molar-refractivity contribution in [3.05, 3.63) is 59.7 Å². The van der Waals surface area contributed by atoms with Gasteiger partial charge in [-0.1, -0.05) is 30.3 Å². The van der Waals surface area contributed by atoms with Crippen molar-refractivity contribution in [3.63, 3.8) is 0 Å². The van der Waals surface area contributed by atoms with Crippen LogP contribution in [0.2, 0.25) is 0 Å². The molecule has 6 heteroatoms. The molecule has 0 saturated carbocycles. The van der Waals surface area contributed by atoms with Crippen LogP contribution < -0.4 is 9.47 Å². The summed E-state index contributed by atoms with van der Waals surface area (Å²) >= 11 is 0. The van der Waals surface area contributed by atoms with E-state index in [1.54, 1.807) is 30.2 Å². The lowest BCUT2D eigenvalue weighted by Crippen LogP contribution is -2.41. The predicted octanol–water partition coefficient (Wildman–Crippen LogP) is 3.58. The summed E-state index contributed by atoms with van der Waals surface area (Å²) in [6, 6.07) is 15.6. The Morgan fingerprint density at radius 3 is 2.45 bits per heavy atom. The van der Waals surface area contributed by atoms with Crippen LogP contribution in [0, 0.1) is 0 Å². The SMILES string of the molecule is COc1ccc(C(=O)N(CCO)Cc2ccccc2)cc1OC1CCN(C(C)C)CC1. The normalized spacial score (nSPS) is 15.1. The zero-order valence-electron chi connectivity index (χ0n) is 18.8. The Hall–Kier alpha value is -2.57. The van der Waals surface area contributed by atoms with Crippen molar-refractivity contribution in [2.45, 2.75) is 45.4 Å². The zero-order chi connectivity index (χ0) is 22.2. The van der Waals surface area contributed by atoms with Gasteiger partial charge in [-0.3, -0.25) is 4.79 Å². The quantitative estimate of drug-likeness (QED) is 0.664. The number of methoxy groups -OCH3 is 1. The number of ether oxygens (including phenoxy) is 2. The van der Waals surface area contributed by atoms with Crippen molar-refractivity contribution in [1.82, 2.24) is 9.80 Å². The Morgan fingerprint density at radius 1 is 1.13 bits per heavy atom. The highest BCUT2D eigenvalue weighted by molar-refractivity contribution is 5.95. The van der Waals surface area contributed by atoms with E-state index in [1.807, 2.05) is 30.3 Å². The largest absolute Gasteiger partial charge is 0.493 e. The maximum absolute atomic E-state index is 13.2. The van der Waals surface area contributed by atoms with Gasteiger partial charge < -0.3 is 24.4 Å². The minimum Gasteiger partial charge on any atom is -0.493 e. The van der Waals surface area contributed by atoms with Gasteiger partial charge in [-0.25, -0.2) is 0 Å². The molecule has 0 bridgehead atoms. The summed E-state index contributed by atoms with van der Waals surface area (Å²) in [7, 11) is 1.61.